The van der Waals surface area contributed by atoms with Gasteiger partial charge in [-0.3, -0.25) is 0 Å². The molecule has 16 heavy (non-hydrogen) atoms. The van der Waals surface area contributed by atoms with Gasteiger partial charge in [0.25, 0.3) is 5.92 Å². The van der Waals surface area contributed by atoms with Crippen molar-refractivity contribution in [1.29, 1.82) is 0 Å². The Labute approximate surface area is 105 Å². The molecule has 1 aliphatic heterocycles. The average molecular weight is 342 g/mol. The second-order valence-corrected chi connectivity index (χ2v) is 5.05. The molecule has 3 N–H and O–H groups in total. The van der Waals surface area contributed by atoms with Crippen molar-refractivity contribution < 1.29 is 13.2 Å². The molecule has 0 aromatic heterocycles. The van der Waals surface area contributed by atoms with Crippen molar-refractivity contribution in [1.82, 2.24) is 5.32 Å². The van der Waals surface area contributed by atoms with Crippen molar-refractivity contribution in [3.63, 3.8) is 0 Å². The Bertz CT molecular complexity index is 423. The van der Waals surface area contributed by atoms with Crippen LogP contribution in [0.1, 0.15) is 18.0 Å². The molecule has 2 rings (SSSR count). The van der Waals surface area contributed by atoms with Crippen molar-refractivity contribution in [2.75, 3.05) is 12.3 Å². The van der Waals surface area contributed by atoms with Crippen LogP contribution < -0.4 is 11.1 Å². The van der Waals surface area contributed by atoms with Gasteiger partial charge < -0.3 is 11.1 Å². The molecule has 0 saturated carbocycles. The summed E-state index contributed by atoms with van der Waals surface area (Å²) in [7, 11) is 0. The smallest absolute Gasteiger partial charge is 0.262 e. The number of rotatable bonds is 1. The fourth-order valence-corrected chi connectivity index (χ4v) is 2.31. The number of nitrogen functional groups attached to an aromatic ring is 1. The van der Waals surface area contributed by atoms with Crippen LogP contribution in [0.2, 0.25) is 0 Å². The Balaban J connectivity index is 2.32. The Morgan fingerprint density at radius 3 is 2.69 bits per heavy atom. The number of nitrogens with one attached hydrogen (secondary N) is 1. The maximum atomic E-state index is 13.1. The summed E-state index contributed by atoms with van der Waals surface area (Å²) in [6.45, 7) is -0.356. The SMILES string of the molecule is Nc1cc(F)c(I)cc1[C@H]1CC(F)(F)CN1. The zero-order chi connectivity index (χ0) is 11.9. The molecule has 88 valence electrons. The van der Waals surface area contributed by atoms with Gasteiger partial charge in [-0.1, -0.05) is 0 Å². The number of hydrogen-bond acceptors (Lipinski definition) is 2. The molecular weight excluding hydrogens is 332 g/mol. The van der Waals surface area contributed by atoms with Gasteiger partial charge >= 0.3 is 0 Å². The standard InChI is InChI=1S/C10H10F3IN2/c11-6-2-8(15)5(1-7(6)14)9-3-10(12,13)4-16-9/h1-2,9,16H,3-4,15H2/t9-/m1/s1. The number of hydrogen-bond donors (Lipinski definition) is 2. The van der Waals surface area contributed by atoms with Crippen LogP contribution in [-0.2, 0) is 0 Å². The highest BCUT2D eigenvalue weighted by atomic mass is 127. The van der Waals surface area contributed by atoms with Crippen LogP contribution in [0.4, 0.5) is 18.9 Å². The van der Waals surface area contributed by atoms with Gasteiger partial charge in [-0.2, -0.15) is 0 Å². The first-order valence-electron chi connectivity index (χ1n) is 4.75. The highest BCUT2D eigenvalue weighted by Crippen LogP contribution is 2.36. The highest BCUT2D eigenvalue weighted by molar-refractivity contribution is 14.1. The second kappa shape index (κ2) is 4.06. The van der Waals surface area contributed by atoms with E-state index in [0.29, 0.717) is 9.13 Å². The molecular formula is C10H10F3IN2. The van der Waals surface area contributed by atoms with Crippen LogP contribution in [0.5, 0.6) is 0 Å². The molecule has 1 aromatic carbocycles. The normalized spacial score (nSPS) is 23.6. The number of nitrogens with two attached hydrogens (primary N) is 1. The molecule has 6 heteroatoms. The maximum Gasteiger partial charge on any atom is 0.262 e. The molecule has 0 bridgehead atoms. The summed E-state index contributed by atoms with van der Waals surface area (Å²) in [5.74, 6) is -3.14. The van der Waals surface area contributed by atoms with E-state index < -0.39 is 17.8 Å². The lowest BCUT2D eigenvalue weighted by molar-refractivity contribution is 0.0210. The van der Waals surface area contributed by atoms with Gasteiger partial charge in [0.2, 0.25) is 0 Å². The van der Waals surface area contributed by atoms with Crippen molar-refractivity contribution >= 4 is 28.3 Å². The van der Waals surface area contributed by atoms with Gasteiger partial charge in [-0.05, 0) is 40.3 Å². The zero-order valence-corrected chi connectivity index (χ0v) is 10.4. The lowest BCUT2D eigenvalue weighted by Gasteiger charge is -2.14. The van der Waals surface area contributed by atoms with Gasteiger partial charge in [-0.25, -0.2) is 13.2 Å². The Hall–Kier alpha value is -0.500. The number of anilines is 1. The van der Waals surface area contributed by atoms with Crippen LogP contribution in [-0.4, -0.2) is 12.5 Å². The van der Waals surface area contributed by atoms with Crippen LogP contribution in [0.3, 0.4) is 0 Å². The van der Waals surface area contributed by atoms with E-state index in [0.717, 1.165) is 0 Å². The van der Waals surface area contributed by atoms with Gasteiger partial charge in [-0.15, -0.1) is 0 Å². The first kappa shape index (κ1) is 12.0. The molecule has 1 aliphatic rings. The third-order valence-electron chi connectivity index (χ3n) is 2.61. The van der Waals surface area contributed by atoms with Gasteiger partial charge in [0.05, 0.1) is 6.54 Å². The van der Waals surface area contributed by atoms with E-state index in [1.807, 2.05) is 22.6 Å². The maximum absolute atomic E-state index is 13.1. The topological polar surface area (TPSA) is 38.0 Å². The highest BCUT2D eigenvalue weighted by Gasteiger charge is 2.40. The van der Waals surface area contributed by atoms with Crippen LogP contribution in [0, 0.1) is 9.39 Å². The van der Waals surface area contributed by atoms with E-state index in [-0.39, 0.29) is 18.7 Å². The summed E-state index contributed by atoms with van der Waals surface area (Å²) in [5, 5.41) is 2.69. The molecule has 2 nitrogen and oxygen atoms in total. The average Bonchev–Trinajstić information content (AvgIpc) is 2.52. The lowest BCUT2D eigenvalue weighted by atomic mass is 10.0. The summed E-state index contributed by atoms with van der Waals surface area (Å²) in [6, 6.07) is 2.20. The van der Waals surface area contributed by atoms with Crippen molar-refractivity contribution in [2.24, 2.45) is 0 Å². The Morgan fingerprint density at radius 2 is 2.12 bits per heavy atom. The molecule has 0 amide bonds. The largest absolute Gasteiger partial charge is 0.398 e. The monoisotopic (exact) mass is 342 g/mol. The summed E-state index contributed by atoms with van der Waals surface area (Å²) >= 11 is 1.82. The van der Waals surface area contributed by atoms with Crippen molar-refractivity contribution in [3.8, 4) is 0 Å². The molecule has 1 fully saturated rings. The number of benzene rings is 1. The van der Waals surface area contributed by atoms with Crippen LogP contribution in [0.25, 0.3) is 0 Å². The van der Waals surface area contributed by atoms with Crippen molar-refractivity contribution in [2.45, 2.75) is 18.4 Å². The predicted octanol–water partition coefficient (Wildman–Crippen LogP) is 2.68. The minimum absolute atomic E-state index is 0.216. The van der Waals surface area contributed by atoms with E-state index in [1.165, 1.54) is 12.1 Å². The summed E-state index contributed by atoms with van der Waals surface area (Å²) in [6.07, 6.45) is -0.293. The first-order chi connectivity index (χ1) is 7.39. The molecule has 0 unspecified atom stereocenters. The fourth-order valence-electron chi connectivity index (χ4n) is 1.81. The third kappa shape index (κ3) is 2.27. The van der Waals surface area contributed by atoms with Crippen LogP contribution in [0.15, 0.2) is 12.1 Å². The molecule has 0 aliphatic carbocycles. The molecule has 1 heterocycles. The van der Waals surface area contributed by atoms with E-state index in [1.54, 1.807) is 0 Å². The summed E-state index contributed by atoms with van der Waals surface area (Å²) < 4.78 is 39.6. The minimum Gasteiger partial charge on any atom is -0.398 e. The minimum atomic E-state index is -2.71. The summed E-state index contributed by atoms with van der Waals surface area (Å²) in [4.78, 5) is 0. The lowest BCUT2D eigenvalue weighted by Crippen LogP contribution is -2.19. The Morgan fingerprint density at radius 1 is 1.44 bits per heavy atom. The van der Waals surface area contributed by atoms with E-state index >= 15 is 0 Å². The second-order valence-electron chi connectivity index (χ2n) is 3.89. The zero-order valence-electron chi connectivity index (χ0n) is 8.24. The van der Waals surface area contributed by atoms with Gasteiger partial charge in [0.15, 0.2) is 0 Å². The quantitative estimate of drug-likeness (QED) is 0.608. The van der Waals surface area contributed by atoms with E-state index in [2.05, 4.69) is 5.32 Å². The van der Waals surface area contributed by atoms with Gasteiger partial charge in [0, 0.05) is 21.7 Å². The Kier molecular flexibility index (Phi) is 3.04. The molecule has 0 radical (unpaired) electrons. The summed E-state index contributed by atoms with van der Waals surface area (Å²) in [5.41, 5.74) is 6.39. The van der Waals surface area contributed by atoms with Gasteiger partial charge in [0.1, 0.15) is 5.82 Å². The van der Waals surface area contributed by atoms with Crippen LogP contribution >= 0.6 is 22.6 Å². The first-order valence-corrected chi connectivity index (χ1v) is 5.82. The number of alkyl halides is 2. The predicted molar refractivity (Wildman–Crippen MR) is 63.8 cm³/mol. The van der Waals surface area contributed by atoms with E-state index in [9.17, 15) is 13.2 Å². The number of halogens is 4. The molecule has 1 atom stereocenters. The fraction of sp³-hybridized carbons (Fsp3) is 0.400. The molecule has 1 aromatic rings. The van der Waals surface area contributed by atoms with Crippen molar-refractivity contribution in [3.05, 3.63) is 27.1 Å². The van der Waals surface area contributed by atoms with E-state index in [4.69, 9.17) is 5.73 Å². The molecule has 0 spiro atoms. The third-order valence-corrected chi connectivity index (χ3v) is 3.44. The molecule has 1 saturated heterocycles.